The van der Waals surface area contributed by atoms with Crippen LogP contribution < -0.4 is 5.73 Å². The zero-order valence-electron chi connectivity index (χ0n) is 11.4. The highest BCUT2D eigenvalue weighted by Gasteiger charge is 2.31. The lowest BCUT2D eigenvalue weighted by atomic mass is 9.90. The molecule has 0 unspecified atom stereocenters. The van der Waals surface area contributed by atoms with Crippen molar-refractivity contribution in [2.24, 2.45) is 5.73 Å². The van der Waals surface area contributed by atoms with Crippen molar-refractivity contribution in [3.05, 3.63) is 63.2 Å². The highest BCUT2D eigenvalue weighted by Crippen LogP contribution is 2.42. The van der Waals surface area contributed by atoms with Crippen LogP contribution >= 0.6 is 11.6 Å². The molecule has 0 spiro atoms. The lowest BCUT2D eigenvalue weighted by Gasteiger charge is -2.16. The van der Waals surface area contributed by atoms with Crippen molar-refractivity contribution in [3.63, 3.8) is 0 Å². The van der Waals surface area contributed by atoms with E-state index in [0.717, 1.165) is 0 Å². The number of fused-ring (bicyclic) bond motifs is 1. The van der Waals surface area contributed by atoms with Crippen LogP contribution in [0.4, 0.5) is 8.78 Å². The molecule has 6 heteroatoms. The van der Waals surface area contributed by atoms with Gasteiger partial charge in [-0.3, -0.25) is 4.79 Å². The Morgan fingerprint density at radius 1 is 1.27 bits per heavy atom. The minimum Gasteiger partial charge on any atom is -0.507 e. The van der Waals surface area contributed by atoms with Crippen molar-refractivity contribution < 1.29 is 18.7 Å². The maximum atomic E-state index is 14.5. The van der Waals surface area contributed by atoms with Gasteiger partial charge in [0, 0.05) is 10.9 Å². The van der Waals surface area contributed by atoms with Crippen molar-refractivity contribution in [1.29, 1.82) is 0 Å². The fourth-order valence-corrected chi connectivity index (χ4v) is 3.26. The standard InChI is InChI=1S/C16H12ClF2NO2/c17-7-5-11-8(1-2-9(11)12(18)6-7)10-3-4-13(21)14(15(10)19)16(20)22/h3-6,8,21H,1-2H2,(H2,20,22)/t8-/m0/s1. The second-order valence-electron chi connectivity index (χ2n) is 5.27. The second kappa shape index (κ2) is 5.25. The summed E-state index contributed by atoms with van der Waals surface area (Å²) in [5.41, 5.74) is 5.86. The van der Waals surface area contributed by atoms with Crippen molar-refractivity contribution in [2.75, 3.05) is 0 Å². The molecule has 3 nitrogen and oxygen atoms in total. The van der Waals surface area contributed by atoms with Crippen molar-refractivity contribution in [2.45, 2.75) is 18.8 Å². The predicted octanol–water partition coefficient (Wildman–Crippen LogP) is 3.50. The van der Waals surface area contributed by atoms with Gasteiger partial charge in [0.25, 0.3) is 5.91 Å². The Hall–Kier alpha value is -2.14. The van der Waals surface area contributed by atoms with Gasteiger partial charge in [-0.25, -0.2) is 8.78 Å². The smallest absolute Gasteiger partial charge is 0.255 e. The Balaban J connectivity index is 2.17. The Bertz CT molecular complexity index is 792. The number of benzene rings is 2. The summed E-state index contributed by atoms with van der Waals surface area (Å²) >= 11 is 5.88. The molecule has 0 fully saturated rings. The highest BCUT2D eigenvalue weighted by atomic mass is 35.5. The summed E-state index contributed by atoms with van der Waals surface area (Å²) in [7, 11) is 0. The molecule has 3 N–H and O–H groups in total. The monoisotopic (exact) mass is 323 g/mol. The molecule has 2 aromatic rings. The zero-order chi connectivity index (χ0) is 16.0. The van der Waals surface area contributed by atoms with Crippen LogP contribution in [0.5, 0.6) is 5.75 Å². The van der Waals surface area contributed by atoms with Gasteiger partial charge in [-0.2, -0.15) is 0 Å². The summed E-state index contributed by atoms with van der Waals surface area (Å²) in [6.07, 6.45) is 0.946. The van der Waals surface area contributed by atoms with Crippen molar-refractivity contribution in [3.8, 4) is 5.75 Å². The van der Waals surface area contributed by atoms with E-state index in [9.17, 15) is 18.7 Å². The quantitative estimate of drug-likeness (QED) is 0.888. The number of phenols is 1. The third-order valence-electron chi connectivity index (χ3n) is 4.02. The van der Waals surface area contributed by atoms with Crippen LogP contribution in [-0.4, -0.2) is 11.0 Å². The van der Waals surface area contributed by atoms with E-state index in [-0.39, 0.29) is 10.6 Å². The number of halogens is 3. The average Bonchev–Trinajstić information content (AvgIpc) is 2.82. The van der Waals surface area contributed by atoms with Crippen LogP contribution in [-0.2, 0) is 6.42 Å². The van der Waals surface area contributed by atoms with E-state index in [4.69, 9.17) is 17.3 Å². The molecule has 1 aliphatic carbocycles. The minimum absolute atomic E-state index is 0.201. The maximum absolute atomic E-state index is 14.5. The van der Waals surface area contributed by atoms with Gasteiger partial charge in [0.15, 0.2) is 0 Å². The topological polar surface area (TPSA) is 63.3 Å². The first-order chi connectivity index (χ1) is 10.4. The Labute approximate surface area is 130 Å². The summed E-state index contributed by atoms with van der Waals surface area (Å²) in [6.45, 7) is 0. The predicted molar refractivity (Wildman–Crippen MR) is 78.2 cm³/mol. The summed E-state index contributed by atoms with van der Waals surface area (Å²) in [5.74, 6) is -3.27. The van der Waals surface area contributed by atoms with Gasteiger partial charge in [0.1, 0.15) is 22.9 Å². The summed E-state index contributed by atoms with van der Waals surface area (Å²) in [5, 5.41) is 9.82. The first-order valence-electron chi connectivity index (χ1n) is 6.69. The van der Waals surface area contributed by atoms with Crippen LogP contribution in [0.2, 0.25) is 5.02 Å². The van der Waals surface area contributed by atoms with Gasteiger partial charge in [0.2, 0.25) is 0 Å². The molecular weight excluding hydrogens is 312 g/mol. The average molecular weight is 324 g/mol. The molecule has 1 amide bonds. The second-order valence-corrected chi connectivity index (χ2v) is 5.71. The molecule has 0 radical (unpaired) electrons. The number of hydrogen-bond donors (Lipinski definition) is 2. The number of primary amides is 1. The molecule has 0 saturated heterocycles. The van der Waals surface area contributed by atoms with E-state index in [2.05, 4.69) is 0 Å². The molecule has 114 valence electrons. The third kappa shape index (κ3) is 2.22. The summed E-state index contributed by atoms with van der Waals surface area (Å²) in [6, 6.07) is 5.44. The van der Waals surface area contributed by atoms with Crippen LogP contribution in [0.25, 0.3) is 0 Å². The number of carbonyl (C=O) groups is 1. The molecule has 0 aliphatic heterocycles. The van der Waals surface area contributed by atoms with Crippen LogP contribution in [0.15, 0.2) is 24.3 Å². The number of rotatable bonds is 2. The zero-order valence-corrected chi connectivity index (χ0v) is 12.1. The summed E-state index contributed by atoms with van der Waals surface area (Å²) in [4.78, 5) is 11.3. The van der Waals surface area contributed by atoms with E-state index < -0.39 is 34.8 Å². The van der Waals surface area contributed by atoms with E-state index in [0.29, 0.717) is 24.0 Å². The Morgan fingerprint density at radius 3 is 2.68 bits per heavy atom. The molecule has 0 saturated carbocycles. The van der Waals surface area contributed by atoms with Crippen molar-refractivity contribution in [1.82, 2.24) is 0 Å². The first kappa shape index (κ1) is 14.8. The fourth-order valence-electron chi connectivity index (χ4n) is 3.05. The van der Waals surface area contributed by atoms with Crippen LogP contribution in [0, 0.1) is 11.6 Å². The Kier molecular flexibility index (Phi) is 3.53. The van der Waals surface area contributed by atoms with Crippen LogP contribution in [0.3, 0.4) is 0 Å². The molecule has 22 heavy (non-hydrogen) atoms. The molecule has 1 atom stereocenters. The van der Waals surface area contributed by atoms with Gasteiger partial charge in [-0.1, -0.05) is 17.7 Å². The lowest BCUT2D eigenvalue weighted by Crippen LogP contribution is -2.15. The molecule has 0 heterocycles. The van der Waals surface area contributed by atoms with Gasteiger partial charge in [0.05, 0.1) is 0 Å². The third-order valence-corrected chi connectivity index (χ3v) is 4.24. The van der Waals surface area contributed by atoms with E-state index >= 15 is 0 Å². The summed E-state index contributed by atoms with van der Waals surface area (Å²) < 4.78 is 28.5. The molecule has 2 aromatic carbocycles. The van der Waals surface area contributed by atoms with Gasteiger partial charge in [-0.15, -0.1) is 0 Å². The molecule has 3 rings (SSSR count). The number of carbonyl (C=O) groups excluding carboxylic acids is 1. The number of amides is 1. The maximum Gasteiger partial charge on any atom is 0.255 e. The van der Waals surface area contributed by atoms with E-state index in [1.54, 1.807) is 6.07 Å². The Morgan fingerprint density at radius 2 is 2.00 bits per heavy atom. The van der Waals surface area contributed by atoms with Gasteiger partial charge < -0.3 is 10.8 Å². The van der Waals surface area contributed by atoms with Crippen LogP contribution in [0.1, 0.15) is 39.4 Å². The molecule has 0 bridgehead atoms. The van der Waals surface area contributed by atoms with E-state index in [1.165, 1.54) is 18.2 Å². The normalized spacial score (nSPS) is 16.6. The SMILES string of the molecule is NC(=O)c1c(O)ccc([C@@H]2CCc3c(F)cc(Cl)cc32)c1F. The number of hydrogen-bond acceptors (Lipinski definition) is 2. The van der Waals surface area contributed by atoms with E-state index in [1.807, 2.05) is 0 Å². The van der Waals surface area contributed by atoms with Gasteiger partial charge in [-0.05, 0) is 47.7 Å². The fraction of sp³-hybridized carbons (Fsp3) is 0.188. The van der Waals surface area contributed by atoms with Crippen molar-refractivity contribution >= 4 is 17.5 Å². The largest absolute Gasteiger partial charge is 0.507 e. The number of nitrogens with two attached hydrogens (primary N) is 1. The molecule has 1 aliphatic rings. The number of aromatic hydroxyl groups is 1. The first-order valence-corrected chi connectivity index (χ1v) is 7.07. The lowest BCUT2D eigenvalue weighted by molar-refractivity contribution is 0.0993. The molecular formula is C16H12ClF2NO2. The highest BCUT2D eigenvalue weighted by molar-refractivity contribution is 6.30. The molecule has 0 aromatic heterocycles. The van der Waals surface area contributed by atoms with Gasteiger partial charge >= 0.3 is 0 Å². The minimum atomic E-state index is -1.05.